The van der Waals surface area contributed by atoms with E-state index in [4.69, 9.17) is 17.0 Å². The molecule has 0 saturated carbocycles. The van der Waals surface area contributed by atoms with Crippen molar-refractivity contribution in [2.75, 3.05) is 20.3 Å². The molecule has 19 heavy (non-hydrogen) atoms. The summed E-state index contributed by atoms with van der Waals surface area (Å²) >= 11 is 5.13. The second-order valence-electron chi connectivity index (χ2n) is 4.79. The standard InChI is InChI=1S/C14H23N3OS/c1-10(2)12-6-5-11(3)13(9-12)16-17-14(19)15-7-8-18-4/h5,12H,1,6-9H2,2-4H3,(H2,15,17,19)/b16-13-/t12-/m0/s1. The molecular weight excluding hydrogens is 258 g/mol. The fraction of sp³-hybridized carbons (Fsp3) is 0.571. The number of thiocarbonyl (C=S) groups is 1. The van der Waals surface area contributed by atoms with Crippen molar-refractivity contribution in [3.63, 3.8) is 0 Å². The lowest BCUT2D eigenvalue weighted by Crippen LogP contribution is -2.35. The zero-order chi connectivity index (χ0) is 14.3. The molecule has 0 saturated heterocycles. The van der Waals surface area contributed by atoms with Crippen molar-refractivity contribution in [3.8, 4) is 0 Å². The molecule has 0 unspecified atom stereocenters. The minimum atomic E-state index is 0.485. The highest BCUT2D eigenvalue weighted by Crippen LogP contribution is 2.26. The largest absolute Gasteiger partial charge is 0.383 e. The summed E-state index contributed by atoms with van der Waals surface area (Å²) in [6, 6.07) is 0. The average molecular weight is 281 g/mol. The van der Waals surface area contributed by atoms with E-state index in [1.54, 1.807) is 7.11 Å². The first-order chi connectivity index (χ1) is 9.04. The first-order valence-corrected chi connectivity index (χ1v) is 6.87. The van der Waals surface area contributed by atoms with Gasteiger partial charge in [0.2, 0.25) is 0 Å². The Kier molecular flexibility index (Phi) is 6.73. The highest BCUT2D eigenvalue weighted by Gasteiger charge is 2.18. The molecule has 0 aromatic rings. The number of ether oxygens (including phenoxy) is 1. The van der Waals surface area contributed by atoms with Crippen LogP contribution in [0, 0.1) is 5.92 Å². The summed E-state index contributed by atoms with van der Waals surface area (Å²) in [4.78, 5) is 0. The smallest absolute Gasteiger partial charge is 0.187 e. The van der Waals surface area contributed by atoms with E-state index in [0.29, 0.717) is 24.2 Å². The van der Waals surface area contributed by atoms with Crippen molar-refractivity contribution in [2.45, 2.75) is 26.7 Å². The van der Waals surface area contributed by atoms with Crippen LogP contribution in [0.4, 0.5) is 0 Å². The molecule has 0 heterocycles. The van der Waals surface area contributed by atoms with Crippen LogP contribution in [-0.2, 0) is 4.74 Å². The topological polar surface area (TPSA) is 45.7 Å². The Morgan fingerprint density at radius 2 is 2.37 bits per heavy atom. The molecule has 106 valence electrons. The molecule has 0 aromatic carbocycles. The molecule has 4 nitrogen and oxygen atoms in total. The van der Waals surface area contributed by atoms with Crippen LogP contribution in [0.5, 0.6) is 0 Å². The lowest BCUT2D eigenvalue weighted by atomic mass is 9.85. The van der Waals surface area contributed by atoms with Gasteiger partial charge in [-0.05, 0) is 50.4 Å². The average Bonchev–Trinajstić information content (AvgIpc) is 2.37. The van der Waals surface area contributed by atoms with Crippen LogP contribution in [0.1, 0.15) is 26.7 Å². The van der Waals surface area contributed by atoms with Crippen molar-refractivity contribution in [1.82, 2.24) is 10.7 Å². The Hall–Kier alpha value is -1.20. The van der Waals surface area contributed by atoms with Crippen LogP contribution < -0.4 is 10.7 Å². The number of rotatable bonds is 5. The second-order valence-corrected chi connectivity index (χ2v) is 5.20. The third kappa shape index (κ3) is 5.53. The van der Waals surface area contributed by atoms with Gasteiger partial charge in [0, 0.05) is 13.7 Å². The van der Waals surface area contributed by atoms with Crippen molar-refractivity contribution >= 4 is 23.0 Å². The van der Waals surface area contributed by atoms with E-state index in [9.17, 15) is 0 Å². The summed E-state index contributed by atoms with van der Waals surface area (Å²) in [5.74, 6) is 0.485. The molecule has 2 N–H and O–H groups in total. The maximum atomic E-state index is 5.13. The first-order valence-electron chi connectivity index (χ1n) is 6.46. The number of nitrogens with zero attached hydrogens (tertiary/aromatic N) is 1. The van der Waals surface area contributed by atoms with Crippen LogP contribution >= 0.6 is 12.2 Å². The van der Waals surface area contributed by atoms with Gasteiger partial charge in [-0.2, -0.15) is 5.10 Å². The Balaban J connectivity index is 2.51. The minimum Gasteiger partial charge on any atom is -0.383 e. The van der Waals surface area contributed by atoms with Gasteiger partial charge >= 0.3 is 0 Å². The zero-order valence-electron chi connectivity index (χ0n) is 12.0. The van der Waals surface area contributed by atoms with Gasteiger partial charge in [0.05, 0.1) is 12.3 Å². The fourth-order valence-corrected chi connectivity index (χ4v) is 2.00. The van der Waals surface area contributed by atoms with Crippen molar-refractivity contribution in [3.05, 3.63) is 23.8 Å². The molecule has 0 spiro atoms. The van der Waals surface area contributed by atoms with Gasteiger partial charge in [0.25, 0.3) is 0 Å². The molecule has 0 aromatic heterocycles. The monoisotopic (exact) mass is 281 g/mol. The van der Waals surface area contributed by atoms with Gasteiger partial charge < -0.3 is 10.1 Å². The first kappa shape index (κ1) is 15.9. The number of allylic oxidation sites excluding steroid dienone is 3. The quantitative estimate of drug-likeness (QED) is 0.351. The molecule has 1 aliphatic rings. The van der Waals surface area contributed by atoms with Crippen molar-refractivity contribution < 1.29 is 4.74 Å². The normalized spacial score (nSPS) is 20.9. The minimum absolute atomic E-state index is 0.485. The van der Waals surface area contributed by atoms with E-state index in [2.05, 4.69) is 42.3 Å². The second kappa shape index (κ2) is 8.07. The third-order valence-electron chi connectivity index (χ3n) is 3.18. The lowest BCUT2D eigenvalue weighted by molar-refractivity contribution is 0.204. The van der Waals surface area contributed by atoms with E-state index >= 15 is 0 Å². The van der Waals surface area contributed by atoms with Gasteiger partial charge in [-0.25, -0.2) is 0 Å². The van der Waals surface area contributed by atoms with E-state index < -0.39 is 0 Å². The summed E-state index contributed by atoms with van der Waals surface area (Å²) in [6.45, 7) is 9.47. The summed E-state index contributed by atoms with van der Waals surface area (Å²) in [6.07, 6.45) is 4.19. The summed E-state index contributed by atoms with van der Waals surface area (Å²) in [5.41, 5.74) is 6.35. The highest BCUT2D eigenvalue weighted by atomic mass is 32.1. The molecule has 0 amide bonds. The number of hydrogen-bond acceptors (Lipinski definition) is 3. The number of hydrogen-bond donors (Lipinski definition) is 2. The molecule has 5 heteroatoms. The van der Waals surface area contributed by atoms with Crippen LogP contribution in [0.2, 0.25) is 0 Å². The molecule has 1 atom stereocenters. The molecule has 1 rings (SSSR count). The maximum absolute atomic E-state index is 5.13. The molecule has 0 aliphatic heterocycles. The Bertz CT molecular complexity index is 401. The van der Waals surface area contributed by atoms with Crippen LogP contribution in [-0.4, -0.2) is 31.1 Å². The third-order valence-corrected chi connectivity index (χ3v) is 3.42. The molecular formula is C14H23N3OS. The van der Waals surface area contributed by atoms with Gasteiger partial charge in [0.1, 0.15) is 0 Å². The van der Waals surface area contributed by atoms with Gasteiger partial charge in [0.15, 0.2) is 5.11 Å². The van der Waals surface area contributed by atoms with Crippen LogP contribution in [0.15, 0.2) is 28.9 Å². The van der Waals surface area contributed by atoms with Crippen LogP contribution in [0.3, 0.4) is 0 Å². The number of nitrogens with one attached hydrogen (secondary N) is 2. The van der Waals surface area contributed by atoms with E-state index in [0.717, 1.165) is 18.6 Å². The van der Waals surface area contributed by atoms with Gasteiger partial charge in [-0.1, -0.05) is 18.2 Å². The van der Waals surface area contributed by atoms with Crippen molar-refractivity contribution in [2.24, 2.45) is 11.0 Å². The lowest BCUT2D eigenvalue weighted by Gasteiger charge is -2.22. The number of methoxy groups -OCH3 is 1. The van der Waals surface area contributed by atoms with E-state index in [1.165, 1.54) is 11.1 Å². The molecule has 0 fully saturated rings. The predicted molar refractivity (Wildman–Crippen MR) is 84.3 cm³/mol. The molecule has 0 bridgehead atoms. The summed E-state index contributed by atoms with van der Waals surface area (Å²) < 4.78 is 4.94. The Morgan fingerprint density at radius 3 is 3.00 bits per heavy atom. The van der Waals surface area contributed by atoms with E-state index in [-0.39, 0.29) is 0 Å². The highest BCUT2D eigenvalue weighted by molar-refractivity contribution is 7.80. The SMILES string of the molecule is C=C(C)[C@H]1CC=C(C)/C(=N\NC(=S)NCCOC)C1. The van der Waals surface area contributed by atoms with Crippen LogP contribution in [0.25, 0.3) is 0 Å². The summed E-state index contributed by atoms with van der Waals surface area (Å²) in [5, 5.41) is 7.93. The Labute approximate surface area is 121 Å². The van der Waals surface area contributed by atoms with Gasteiger partial charge in [-0.3, -0.25) is 5.43 Å². The zero-order valence-corrected chi connectivity index (χ0v) is 12.8. The maximum Gasteiger partial charge on any atom is 0.187 e. The fourth-order valence-electron chi connectivity index (χ4n) is 1.85. The van der Waals surface area contributed by atoms with Crippen molar-refractivity contribution in [1.29, 1.82) is 0 Å². The van der Waals surface area contributed by atoms with Gasteiger partial charge in [-0.15, -0.1) is 0 Å². The Morgan fingerprint density at radius 1 is 1.63 bits per heavy atom. The molecule has 1 aliphatic carbocycles. The predicted octanol–water partition coefficient (Wildman–Crippen LogP) is 2.39. The van der Waals surface area contributed by atoms with E-state index in [1.807, 2.05) is 0 Å². The molecule has 0 radical (unpaired) electrons. The summed E-state index contributed by atoms with van der Waals surface area (Å²) in [7, 11) is 1.66. The number of hydrazone groups is 1.